The summed E-state index contributed by atoms with van der Waals surface area (Å²) in [4.78, 5) is 28.0. The number of hydrogen-bond donors (Lipinski definition) is 0. The predicted octanol–water partition coefficient (Wildman–Crippen LogP) is 3.18. The molecule has 0 atom stereocenters. The average molecular weight is 342 g/mol. The van der Waals surface area contributed by atoms with E-state index in [4.69, 9.17) is 0 Å². The molecule has 0 spiro atoms. The number of rotatable bonds is 2. The van der Waals surface area contributed by atoms with Crippen LogP contribution in [0.2, 0.25) is 0 Å². The van der Waals surface area contributed by atoms with E-state index in [0.29, 0.717) is 16.8 Å². The van der Waals surface area contributed by atoms with Crippen LogP contribution in [0.4, 0.5) is 15.8 Å². The number of carbonyl (C=O) groups is 2. The molecule has 0 saturated carbocycles. The molecule has 2 aliphatic rings. The number of fused-ring (bicyclic) bond motifs is 1. The third-order valence-electron chi connectivity index (χ3n) is 4.34. The quantitative estimate of drug-likeness (QED) is 0.786. The van der Waals surface area contributed by atoms with E-state index in [9.17, 15) is 14.0 Å². The summed E-state index contributed by atoms with van der Waals surface area (Å²) < 4.78 is 14.6. The largest absolute Gasteiger partial charge is 0.368 e. The van der Waals surface area contributed by atoms with Gasteiger partial charge in [0.2, 0.25) is 0 Å². The number of amides is 2. The highest BCUT2D eigenvalue weighted by Crippen LogP contribution is 2.32. The molecule has 1 saturated heterocycles. The average Bonchev–Trinajstić information content (AvgIpc) is 2.87. The van der Waals surface area contributed by atoms with Gasteiger partial charge in [-0.05, 0) is 24.3 Å². The van der Waals surface area contributed by atoms with Gasteiger partial charge >= 0.3 is 0 Å². The van der Waals surface area contributed by atoms with Crippen molar-refractivity contribution in [3.05, 3.63) is 59.4 Å². The summed E-state index contributed by atoms with van der Waals surface area (Å²) in [6.07, 6.45) is 0. The number of anilines is 2. The lowest BCUT2D eigenvalue weighted by molar-refractivity contribution is 0.0926. The summed E-state index contributed by atoms with van der Waals surface area (Å²) in [5, 5.41) is 0. The molecule has 2 heterocycles. The van der Waals surface area contributed by atoms with Crippen molar-refractivity contribution in [3.63, 3.8) is 0 Å². The first kappa shape index (κ1) is 15.2. The summed E-state index contributed by atoms with van der Waals surface area (Å²) >= 11 is 1.85. The van der Waals surface area contributed by atoms with Crippen molar-refractivity contribution in [2.45, 2.75) is 0 Å². The topological polar surface area (TPSA) is 40.6 Å². The number of hydrogen-bond acceptors (Lipinski definition) is 4. The molecule has 2 amide bonds. The van der Waals surface area contributed by atoms with Crippen molar-refractivity contribution in [3.8, 4) is 0 Å². The number of thioether (sulfide) groups is 1. The van der Waals surface area contributed by atoms with Gasteiger partial charge in [-0.15, -0.1) is 0 Å². The van der Waals surface area contributed by atoms with Gasteiger partial charge in [-0.2, -0.15) is 11.8 Å². The van der Waals surface area contributed by atoms with Gasteiger partial charge in [0.25, 0.3) is 11.8 Å². The van der Waals surface area contributed by atoms with E-state index >= 15 is 0 Å². The van der Waals surface area contributed by atoms with Crippen LogP contribution in [0.25, 0.3) is 0 Å². The van der Waals surface area contributed by atoms with Gasteiger partial charge in [0.1, 0.15) is 5.82 Å². The Morgan fingerprint density at radius 1 is 0.917 bits per heavy atom. The molecule has 2 aliphatic heterocycles. The number of imide groups is 1. The third-order valence-corrected chi connectivity index (χ3v) is 5.28. The highest BCUT2D eigenvalue weighted by atomic mass is 32.2. The predicted molar refractivity (Wildman–Crippen MR) is 93.5 cm³/mol. The highest BCUT2D eigenvalue weighted by Gasteiger charge is 2.36. The fourth-order valence-corrected chi connectivity index (χ4v) is 4.02. The molecule has 0 N–H and O–H groups in total. The van der Waals surface area contributed by atoms with Crippen LogP contribution in [-0.2, 0) is 0 Å². The fraction of sp³-hybridized carbons (Fsp3) is 0.222. The maximum absolute atomic E-state index is 14.6. The summed E-state index contributed by atoms with van der Waals surface area (Å²) in [7, 11) is 0. The summed E-state index contributed by atoms with van der Waals surface area (Å²) in [5.74, 6) is 0.726. The molecular formula is C18H15FN2O2S. The molecule has 24 heavy (non-hydrogen) atoms. The molecular weight excluding hydrogens is 327 g/mol. The van der Waals surface area contributed by atoms with Crippen molar-refractivity contribution >= 4 is 35.0 Å². The van der Waals surface area contributed by atoms with Crippen LogP contribution in [0.3, 0.4) is 0 Å². The number of nitrogens with zero attached hydrogens (tertiary/aromatic N) is 2. The Hall–Kier alpha value is -2.34. The summed E-state index contributed by atoms with van der Waals surface area (Å²) in [6, 6.07) is 11.2. The van der Waals surface area contributed by atoms with Crippen LogP contribution in [0, 0.1) is 5.82 Å². The molecule has 1 fully saturated rings. The molecule has 0 radical (unpaired) electrons. The lowest BCUT2D eigenvalue weighted by Gasteiger charge is -2.29. The molecule has 2 aromatic rings. The summed E-state index contributed by atoms with van der Waals surface area (Å²) in [5.41, 5.74) is 1.52. The second-order valence-corrected chi connectivity index (χ2v) is 6.95. The molecule has 0 aliphatic carbocycles. The van der Waals surface area contributed by atoms with Gasteiger partial charge < -0.3 is 4.90 Å². The van der Waals surface area contributed by atoms with Gasteiger partial charge in [0.15, 0.2) is 0 Å². The smallest absolute Gasteiger partial charge is 0.266 e. The lowest BCUT2D eigenvalue weighted by atomic mass is 10.1. The second kappa shape index (κ2) is 5.94. The van der Waals surface area contributed by atoms with E-state index in [1.165, 1.54) is 6.07 Å². The van der Waals surface area contributed by atoms with Crippen molar-refractivity contribution in [1.29, 1.82) is 0 Å². The Morgan fingerprint density at radius 2 is 1.54 bits per heavy atom. The first-order valence-corrected chi connectivity index (χ1v) is 8.92. The molecule has 2 aromatic carbocycles. The zero-order chi connectivity index (χ0) is 16.7. The normalized spacial score (nSPS) is 17.4. The van der Waals surface area contributed by atoms with Crippen molar-refractivity contribution in [1.82, 2.24) is 0 Å². The maximum Gasteiger partial charge on any atom is 0.266 e. The van der Waals surface area contributed by atoms with Crippen molar-refractivity contribution in [2.75, 3.05) is 34.4 Å². The van der Waals surface area contributed by atoms with Gasteiger partial charge in [0.05, 0.1) is 22.5 Å². The van der Waals surface area contributed by atoms with Gasteiger partial charge in [-0.1, -0.05) is 12.1 Å². The molecule has 4 rings (SSSR count). The Morgan fingerprint density at radius 3 is 2.12 bits per heavy atom. The van der Waals surface area contributed by atoms with E-state index in [1.54, 1.807) is 36.4 Å². The maximum atomic E-state index is 14.6. The van der Waals surface area contributed by atoms with Crippen LogP contribution in [0.5, 0.6) is 0 Å². The van der Waals surface area contributed by atoms with E-state index in [2.05, 4.69) is 0 Å². The van der Waals surface area contributed by atoms with Gasteiger partial charge in [-0.3, -0.25) is 9.59 Å². The zero-order valence-electron chi connectivity index (χ0n) is 12.9. The summed E-state index contributed by atoms with van der Waals surface area (Å²) in [6.45, 7) is 1.60. The van der Waals surface area contributed by atoms with Gasteiger partial charge in [0, 0.05) is 30.7 Å². The zero-order valence-corrected chi connectivity index (χ0v) is 13.7. The molecule has 6 heteroatoms. The minimum absolute atomic E-state index is 0.272. The van der Waals surface area contributed by atoms with E-state index in [-0.39, 0.29) is 5.69 Å². The number of halogens is 1. The number of benzene rings is 2. The van der Waals surface area contributed by atoms with Crippen molar-refractivity contribution < 1.29 is 14.0 Å². The first-order chi connectivity index (χ1) is 11.7. The van der Waals surface area contributed by atoms with Crippen LogP contribution in [-0.4, -0.2) is 36.4 Å². The highest BCUT2D eigenvalue weighted by molar-refractivity contribution is 7.99. The Kier molecular flexibility index (Phi) is 3.76. The lowest BCUT2D eigenvalue weighted by Crippen LogP contribution is -2.33. The van der Waals surface area contributed by atoms with Crippen LogP contribution in [0.1, 0.15) is 20.7 Å². The van der Waals surface area contributed by atoms with Crippen molar-refractivity contribution in [2.24, 2.45) is 0 Å². The van der Waals surface area contributed by atoms with Crippen LogP contribution >= 0.6 is 11.8 Å². The Bertz CT molecular complexity index is 799. The minimum atomic E-state index is -0.407. The molecule has 0 aromatic heterocycles. The fourth-order valence-electron chi connectivity index (χ4n) is 3.12. The van der Waals surface area contributed by atoms with E-state index in [1.807, 2.05) is 16.7 Å². The first-order valence-electron chi connectivity index (χ1n) is 7.77. The van der Waals surface area contributed by atoms with E-state index < -0.39 is 17.6 Å². The Labute approximate surface area is 143 Å². The van der Waals surface area contributed by atoms with E-state index in [0.717, 1.165) is 29.5 Å². The standard InChI is InChI=1S/C18H15FN2O2S/c19-15-11-12(5-6-16(15)20-7-9-24-10-8-20)21-17(22)13-3-1-2-4-14(13)18(21)23/h1-6,11H,7-10H2. The monoisotopic (exact) mass is 342 g/mol. The Balaban J connectivity index is 1.67. The molecule has 0 bridgehead atoms. The molecule has 0 unspecified atom stereocenters. The third kappa shape index (κ3) is 2.38. The van der Waals surface area contributed by atoms with Crippen LogP contribution < -0.4 is 9.80 Å². The second-order valence-electron chi connectivity index (χ2n) is 5.73. The number of carbonyl (C=O) groups excluding carboxylic acids is 2. The van der Waals surface area contributed by atoms with Crippen LogP contribution in [0.15, 0.2) is 42.5 Å². The molecule has 122 valence electrons. The SMILES string of the molecule is O=C1c2ccccc2C(=O)N1c1ccc(N2CCSCC2)c(F)c1. The molecule has 4 nitrogen and oxygen atoms in total. The van der Waals surface area contributed by atoms with Gasteiger partial charge in [-0.25, -0.2) is 9.29 Å². The minimum Gasteiger partial charge on any atom is -0.368 e.